The third-order valence-electron chi connectivity index (χ3n) is 2.34. The van der Waals surface area contributed by atoms with Crippen LogP contribution in [0.5, 0.6) is 0 Å². The zero-order chi connectivity index (χ0) is 11.1. The largest absolute Gasteiger partial charge is 0.379 e. The van der Waals surface area contributed by atoms with E-state index in [0.29, 0.717) is 17.2 Å². The number of nitrogens with two attached hydrogens (primary N) is 1. The van der Waals surface area contributed by atoms with Gasteiger partial charge in [-0.25, -0.2) is 14.6 Å². The first kappa shape index (κ1) is 8.84. The van der Waals surface area contributed by atoms with Crippen LogP contribution in [0.4, 0.5) is 5.82 Å². The Kier molecular flexibility index (Phi) is 1.67. The Bertz CT molecular complexity index is 655. The van der Waals surface area contributed by atoms with E-state index >= 15 is 0 Å². The fraction of sp³-hybridized carbons (Fsp3) is 0.111. The maximum Gasteiger partial charge on any atom is 0.199 e. The van der Waals surface area contributed by atoms with Gasteiger partial charge >= 0.3 is 0 Å². The van der Waals surface area contributed by atoms with Crippen LogP contribution >= 0.6 is 0 Å². The molecule has 0 spiro atoms. The molecular weight excluding hydrogens is 208 g/mol. The van der Waals surface area contributed by atoms with Crippen LogP contribution in [0.2, 0.25) is 0 Å². The van der Waals surface area contributed by atoms with Gasteiger partial charge in [-0.2, -0.15) is 0 Å². The number of anilines is 1. The lowest BCUT2D eigenvalue weighted by atomic mass is 10.3. The average molecular weight is 216 g/mol. The number of fused-ring (bicyclic) bond motifs is 1. The van der Waals surface area contributed by atoms with Gasteiger partial charge in [0.2, 0.25) is 0 Å². The van der Waals surface area contributed by atoms with E-state index in [0.717, 1.165) is 11.1 Å². The molecule has 0 saturated heterocycles. The number of aromatic amines is 1. The van der Waals surface area contributed by atoms with E-state index in [4.69, 9.17) is 5.73 Å². The molecule has 0 aromatic carbocycles. The van der Waals surface area contributed by atoms with Crippen LogP contribution in [-0.2, 0) is 0 Å². The predicted molar refractivity (Wildman–Crippen MR) is 56.3 cm³/mol. The molecule has 0 unspecified atom stereocenters. The summed E-state index contributed by atoms with van der Waals surface area (Å²) in [7, 11) is 0. The highest BCUT2D eigenvalue weighted by Crippen LogP contribution is 2.22. The first-order chi connectivity index (χ1) is 7.75. The lowest BCUT2D eigenvalue weighted by Crippen LogP contribution is -1.89. The van der Waals surface area contributed by atoms with Gasteiger partial charge in [0.05, 0.1) is 5.52 Å². The minimum Gasteiger partial charge on any atom is -0.379 e. The molecule has 3 aromatic rings. The fourth-order valence-electron chi connectivity index (χ4n) is 1.51. The Labute approximate surface area is 89.7 Å². The number of aromatic nitrogens is 5. The highest BCUT2D eigenvalue weighted by Gasteiger charge is 2.14. The van der Waals surface area contributed by atoms with E-state index in [9.17, 15) is 0 Å². The molecule has 0 fully saturated rings. The standard InChI is InChI=1S/C9H8N6O/c1-4-2-3-11-8-5(4)12-9(13-8)6-7(10)15-16-14-6/h2-3H,1H3,(H2,10,15)(H,11,12,13). The minimum atomic E-state index is 0.205. The lowest BCUT2D eigenvalue weighted by Gasteiger charge is -1.90. The van der Waals surface area contributed by atoms with Crippen LogP contribution in [0, 0.1) is 6.92 Å². The summed E-state index contributed by atoms with van der Waals surface area (Å²) in [6.45, 7) is 1.97. The third kappa shape index (κ3) is 1.14. The van der Waals surface area contributed by atoms with E-state index in [-0.39, 0.29) is 5.82 Å². The van der Waals surface area contributed by atoms with E-state index in [2.05, 4.69) is 29.9 Å². The van der Waals surface area contributed by atoms with Gasteiger partial charge < -0.3 is 10.7 Å². The number of nitrogens with zero attached hydrogens (tertiary/aromatic N) is 4. The summed E-state index contributed by atoms with van der Waals surface area (Å²) in [5.41, 5.74) is 8.52. The number of nitrogens with one attached hydrogen (secondary N) is 1. The molecule has 0 aliphatic carbocycles. The van der Waals surface area contributed by atoms with Crippen LogP contribution in [0.1, 0.15) is 5.56 Å². The summed E-state index contributed by atoms with van der Waals surface area (Å²) in [5, 5.41) is 7.18. The van der Waals surface area contributed by atoms with Crippen molar-refractivity contribution in [2.75, 3.05) is 5.73 Å². The number of pyridine rings is 1. The summed E-state index contributed by atoms with van der Waals surface area (Å²) in [6, 6.07) is 1.90. The SMILES string of the molecule is Cc1ccnc2nc(-c3nonc3N)[nH]c12. The van der Waals surface area contributed by atoms with Gasteiger partial charge in [0.25, 0.3) is 0 Å². The number of hydrogen-bond donors (Lipinski definition) is 2. The molecule has 0 radical (unpaired) electrons. The monoisotopic (exact) mass is 216 g/mol. The summed E-state index contributed by atoms with van der Waals surface area (Å²) in [4.78, 5) is 11.5. The zero-order valence-electron chi connectivity index (χ0n) is 8.43. The van der Waals surface area contributed by atoms with Crippen LogP contribution in [0.3, 0.4) is 0 Å². The summed E-state index contributed by atoms with van der Waals surface area (Å²) in [5.74, 6) is 0.715. The number of imidazole rings is 1. The fourth-order valence-corrected chi connectivity index (χ4v) is 1.51. The van der Waals surface area contributed by atoms with Crippen molar-refractivity contribution in [2.45, 2.75) is 6.92 Å². The number of nitrogen functional groups attached to an aromatic ring is 1. The van der Waals surface area contributed by atoms with Gasteiger partial charge in [0.15, 0.2) is 23.0 Å². The molecule has 3 aromatic heterocycles. The van der Waals surface area contributed by atoms with E-state index in [1.165, 1.54) is 0 Å². The third-order valence-corrected chi connectivity index (χ3v) is 2.34. The molecule has 0 aliphatic heterocycles. The molecule has 0 aliphatic rings. The maximum absolute atomic E-state index is 5.58. The quantitative estimate of drug-likeness (QED) is 0.625. The summed E-state index contributed by atoms with van der Waals surface area (Å²) in [6.07, 6.45) is 1.70. The topological polar surface area (TPSA) is 107 Å². The van der Waals surface area contributed by atoms with Gasteiger partial charge in [-0.3, -0.25) is 0 Å². The first-order valence-corrected chi connectivity index (χ1v) is 4.65. The zero-order valence-corrected chi connectivity index (χ0v) is 8.43. The molecule has 80 valence electrons. The second-order valence-corrected chi connectivity index (χ2v) is 3.41. The molecule has 0 amide bonds. The van der Waals surface area contributed by atoms with Crippen LogP contribution in [0.25, 0.3) is 22.7 Å². The molecule has 3 rings (SSSR count). The second-order valence-electron chi connectivity index (χ2n) is 3.41. The second kappa shape index (κ2) is 3.02. The van der Waals surface area contributed by atoms with Crippen LogP contribution < -0.4 is 5.73 Å². The average Bonchev–Trinajstić information content (AvgIpc) is 2.84. The van der Waals surface area contributed by atoms with Crippen molar-refractivity contribution in [1.29, 1.82) is 0 Å². The molecule has 3 N–H and O–H groups in total. The smallest absolute Gasteiger partial charge is 0.199 e. The van der Waals surface area contributed by atoms with Gasteiger partial charge in [0.1, 0.15) is 0 Å². The van der Waals surface area contributed by atoms with Crippen molar-refractivity contribution in [2.24, 2.45) is 0 Å². The maximum atomic E-state index is 5.58. The molecular formula is C9H8N6O. The van der Waals surface area contributed by atoms with Crippen molar-refractivity contribution >= 4 is 17.0 Å². The summed E-state index contributed by atoms with van der Waals surface area (Å²) >= 11 is 0. The Balaban J connectivity index is 2.27. The highest BCUT2D eigenvalue weighted by atomic mass is 16.6. The molecule has 16 heavy (non-hydrogen) atoms. The van der Waals surface area contributed by atoms with Gasteiger partial charge in [-0.15, -0.1) is 0 Å². The summed E-state index contributed by atoms with van der Waals surface area (Å²) < 4.78 is 4.52. The number of hydrogen-bond acceptors (Lipinski definition) is 6. The Morgan fingerprint density at radius 3 is 2.94 bits per heavy atom. The minimum absolute atomic E-state index is 0.205. The molecule has 0 atom stereocenters. The van der Waals surface area contributed by atoms with Gasteiger partial charge in [-0.1, -0.05) is 0 Å². The molecule has 0 bridgehead atoms. The van der Waals surface area contributed by atoms with Crippen LogP contribution in [0.15, 0.2) is 16.9 Å². The van der Waals surface area contributed by atoms with Crippen LogP contribution in [-0.4, -0.2) is 25.3 Å². The predicted octanol–water partition coefficient (Wildman–Crippen LogP) is 0.899. The van der Waals surface area contributed by atoms with E-state index < -0.39 is 0 Å². The van der Waals surface area contributed by atoms with Crippen molar-refractivity contribution in [3.63, 3.8) is 0 Å². The van der Waals surface area contributed by atoms with E-state index in [1.807, 2.05) is 13.0 Å². The Morgan fingerprint density at radius 1 is 1.38 bits per heavy atom. The number of aryl methyl sites for hydroxylation is 1. The van der Waals surface area contributed by atoms with E-state index in [1.54, 1.807) is 6.20 Å². The van der Waals surface area contributed by atoms with Crippen molar-refractivity contribution in [1.82, 2.24) is 25.3 Å². The Morgan fingerprint density at radius 2 is 2.25 bits per heavy atom. The molecule has 3 heterocycles. The van der Waals surface area contributed by atoms with Crippen molar-refractivity contribution < 1.29 is 4.63 Å². The van der Waals surface area contributed by atoms with Crippen molar-refractivity contribution in [3.8, 4) is 11.5 Å². The number of H-pyrrole nitrogens is 1. The normalized spacial score (nSPS) is 11.1. The molecule has 0 saturated carbocycles. The Hall–Kier alpha value is -2.44. The first-order valence-electron chi connectivity index (χ1n) is 4.65. The highest BCUT2D eigenvalue weighted by molar-refractivity contribution is 5.79. The lowest BCUT2D eigenvalue weighted by molar-refractivity contribution is 0.310. The molecule has 7 nitrogen and oxygen atoms in total. The van der Waals surface area contributed by atoms with Gasteiger partial charge in [-0.05, 0) is 28.9 Å². The van der Waals surface area contributed by atoms with Gasteiger partial charge in [0, 0.05) is 6.20 Å². The van der Waals surface area contributed by atoms with Crippen molar-refractivity contribution in [3.05, 3.63) is 17.8 Å². The molecule has 7 heteroatoms. The number of rotatable bonds is 1.